The van der Waals surface area contributed by atoms with Crippen LogP contribution in [0.15, 0.2) is 48.5 Å². The number of Topliss-reactive ketones (excluding diaryl/α,β-unsaturated/α-hetero) is 1. The molecule has 2 aromatic rings. The summed E-state index contributed by atoms with van der Waals surface area (Å²) in [6.07, 6.45) is 6.10. The Morgan fingerprint density at radius 1 is 0.886 bits per heavy atom. The average Bonchev–Trinajstić information content (AvgIpc) is 2.85. The maximum Gasteiger partial charge on any atom is 0.228 e. The molecular formula is C28H37Cl2N3O2. The first-order valence-electron chi connectivity index (χ1n) is 12.7. The van der Waals surface area contributed by atoms with Gasteiger partial charge in [0.1, 0.15) is 5.78 Å². The van der Waals surface area contributed by atoms with Crippen molar-refractivity contribution >= 4 is 46.3 Å². The highest BCUT2D eigenvalue weighted by molar-refractivity contribution is 6.18. The lowest BCUT2D eigenvalue weighted by Gasteiger charge is -2.26. The molecule has 0 saturated carbocycles. The Balaban J connectivity index is 1.45. The largest absolute Gasteiger partial charge is 0.369 e. The molecule has 1 N–H and O–H groups in total. The SMILES string of the molecule is O=C(CCCN1CCCCC1)Cc1cccc(NC(=O)Cc2ccc(N(CCCl)CCCl)cc2)c1. The monoisotopic (exact) mass is 517 g/mol. The van der Waals surface area contributed by atoms with Crippen LogP contribution in [0.3, 0.4) is 0 Å². The van der Waals surface area contributed by atoms with Crippen LogP contribution in [0.1, 0.15) is 43.2 Å². The maximum atomic E-state index is 12.6. The molecule has 1 aliphatic heterocycles. The van der Waals surface area contributed by atoms with Gasteiger partial charge in [0, 0.05) is 49.1 Å². The molecular weight excluding hydrogens is 481 g/mol. The van der Waals surface area contributed by atoms with E-state index in [2.05, 4.69) is 15.1 Å². The molecule has 0 spiro atoms. The van der Waals surface area contributed by atoms with Gasteiger partial charge in [-0.2, -0.15) is 0 Å². The minimum atomic E-state index is -0.0823. The molecule has 190 valence electrons. The number of anilines is 2. The standard InChI is InChI=1S/C28H37Cl2N3O2/c29-13-18-33(19-14-30)26-11-9-23(10-12-26)22-28(35)31-25-7-4-6-24(20-25)21-27(34)8-5-17-32-15-2-1-3-16-32/h4,6-7,9-12,20H,1-3,5,8,13-19,21-22H2,(H,31,35). The van der Waals surface area contributed by atoms with E-state index >= 15 is 0 Å². The van der Waals surface area contributed by atoms with E-state index in [-0.39, 0.29) is 18.1 Å². The number of piperidine rings is 1. The summed E-state index contributed by atoms with van der Waals surface area (Å²) in [5.41, 5.74) is 3.64. The molecule has 0 aliphatic carbocycles. The van der Waals surface area contributed by atoms with Crippen LogP contribution in [-0.2, 0) is 22.4 Å². The van der Waals surface area contributed by atoms with Crippen LogP contribution in [0.25, 0.3) is 0 Å². The van der Waals surface area contributed by atoms with Gasteiger partial charge in [-0.05, 0) is 74.3 Å². The number of halogens is 2. The first-order chi connectivity index (χ1) is 17.1. The third kappa shape index (κ3) is 9.83. The molecule has 0 radical (unpaired) electrons. The predicted octanol–water partition coefficient (Wildman–Crippen LogP) is 5.53. The second-order valence-electron chi connectivity index (χ2n) is 9.18. The number of hydrogen-bond acceptors (Lipinski definition) is 4. The van der Waals surface area contributed by atoms with Gasteiger partial charge in [0.25, 0.3) is 0 Å². The molecule has 1 aliphatic rings. The molecule has 7 heteroatoms. The number of carbonyl (C=O) groups excluding carboxylic acids is 2. The van der Waals surface area contributed by atoms with Crippen molar-refractivity contribution in [1.82, 2.24) is 4.90 Å². The zero-order valence-electron chi connectivity index (χ0n) is 20.5. The van der Waals surface area contributed by atoms with Gasteiger partial charge >= 0.3 is 0 Å². The molecule has 1 heterocycles. The lowest BCUT2D eigenvalue weighted by molar-refractivity contribution is -0.118. The number of ketones is 1. The summed E-state index contributed by atoms with van der Waals surface area (Å²) in [5.74, 6) is 1.23. The van der Waals surface area contributed by atoms with E-state index in [1.807, 2.05) is 48.5 Å². The summed E-state index contributed by atoms with van der Waals surface area (Å²) in [4.78, 5) is 29.7. The summed E-state index contributed by atoms with van der Waals surface area (Å²) in [6.45, 7) is 4.80. The molecule has 0 unspecified atom stereocenters. The van der Waals surface area contributed by atoms with Crippen molar-refractivity contribution in [1.29, 1.82) is 0 Å². The van der Waals surface area contributed by atoms with Gasteiger partial charge in [0.05, 0.1) is 6.42 Å². The molecule has 1 saturated heterocycles. The highest BCUT2D eigenvalue weighted by Crippen LogP contribution is 2.17. The maximum absolute atomic E-state index is 12.6. The van der Waals surface area contributed by atoms with E-state index in [4.69, 9.17) is 23.2 Å². The van der Waals surface area contributed by atoms with Crippen molar-refractivity contribution in [2.45, 2.75) is 44.9 Å². The summed E-state index contributed by atoms with van der Waals surface area (Å²) in [7, 11) is 0. The molecule has 1 amide bonds. The Morgan fingerprint density at radius 2 is 1.60 bits per heavy atom. The number of nitrogens with zero attached hydrogens (tertiary/aromatic N) is 2. The smallest absolute Gasteiger partial charge is 0.228 e. The fraction of sp³-hybridized carbons (Fsp3) is 0.500. The highest BCUT2D eigenvalue weighted by atomic mass is 35.5. The molecule has 2 aromatic carbocycles. The molecule has 5 nitrogen and oxygen atoms in total. The van der Waals surface area contributed by atoms with Gasteiger partial charge in [0.15, 0.2) is 0 Å². The fourth-order valence-electron chi connectivity index (χ4n) is 4.55. The fourth-order valence-corrected chi connectivity index (χ4v) is 4.96. The van der Waals surface area contributed by atoms with E-state index in [9.17, 15) is 9.59 Å². The van der Waals surface area contributed by atoms with Gasteiger partial charge in [-0.15, -0.1) is 23.2 Å². The van der Waals surface area contributed by atoms with Crippen molar-refractivity contribution in [2.24, 2.45) is 0 Å². The normalized spacial score (nSPS) is 14.0. The average molecular weight is 519 g/mol. The first kappa shape index (κ1) is 27.5. The first-order valence-corrected chi connectivity index (χ1v) is 13.7. The minimum Gasteiger partial charge on any atom is -0.369 e. The van der Waals surface area contributed by atoms with Crippen molar-refractivity contribution in [2.75, 3.05) is 54.7 Å². The zero-order chi connectivity index (χ0) is 24.9. The van der Waals surface area contributed by atoms with Crippen molar-refractivity contribution in [3.63, 3.8) is 0 Å². The van der Waals surface area contributed by atoms with Crippen LogP contribution in [0.4, 0.5) is 11.4 Å². The van der Waals surface area contributed by atoms with Gasteiger partial charge in [-0.1, -0.05) is 30.7 Å². The minimum absolute atomic E-state index is 0.0823. The predicted molar refractivity (Wildman–Crippen MR) is 147 cm³/mol. The summed E-state index contributed by atoms with van der Waals surface area (Å²) >= 11 is 11.8. The number of rotatable bonds is 14. The third-order valence-corrected chi connectivity index (χ3v) is 6.70. The van der Waals surface area contributed by atoms with Crippen LogP contribution >= 0.6 is 23.2 Å². The molecule has 3 rings (SSSR count). The highest BCUT2D eigenvalue weighted by Gasteiger charge is 2.12. The van der Waals surface area contributed by atoms with Gasteiger partial charge in [0.2, 0.25) is 5.91 Å². The lowest BCUT2D eigenvalue weighted by atomic mass is 10.0. The molecule has 0 atom stereocenters. The van der Waals surface area contributed by atoms with Gasteiger partial charge in [-0.25, -0.2) is 0 Å². The van der Waals surface area contributed by atoms with E-state index < -0.39 is 0 Å². The number of likely N-dealkylation sites (tertiary alicyclic amines) is 1. The molecule has 35 heavy (non-hydrogen) atoms. The zero-order valence-corrected chi connectivity index (χ0v) is 22.0. The van der Waals surface area contributed by atoms with Crippen LogP contribution in [0.5, 0.6) is 0 Å². The van der Waals surface area contributed by atoms with Crippen LogP contribution in [0, 0.1) is 0 Å². The summed E-state index contributed by atoms with van der Waals surface area (Å²) in [6, 6.07) is 15.5. The second-order valence-corrected chi connectivity index (χ2v) is 9.93. The van der Waals surface area contributed by atoms with E-state index in [1.54, 1.807) is 0 Å². The van der Waals surface area contributed by atoms with Crippen molar-refractivity contribution in [3.05, 3.63) is 59.7 Å². The molecule has 1 fully saturated rings. The van der Waals surface area contributed by atoms with Crippen LogP contribution in [0.2, 0.25) is 0 Å². The van der Waals surface area contributed by atoms with E-state index in [1.165, 1.54) is 32.4 Å². The van der Waals surface area contributed by atoms with Crippen molar-refractivity contribution < 1.29 is 9.59 Å². The Kier molecular flexibility index (Phi) is 11.9. The van der Waals surface area contributed by atoms with Crippen molar-refractivity contribution in [3.8, 4) is 0 Å². The van der Waals surface area contributed by atoms with Crippen LogP contribution < -0.4 is 10.2 Å². The number of amides is 1. The number of alkyl halides is 2. The Bertz CT molecular complexity index is 924. The second kappa shape index (κ2) is 15.1. The Labute approximate surface area is 219 Å². The lowest BCUT2D eigenvalue weighted by Crippen LogP contribution is -2.30. The summed E-state index contributed by atoms with van der Waals surface area (Å²) < 4.78 is 0. The summed E-state index contributed by atoms with van der Waals surface area (Å²) in [5, 5.41) is 2.97. The number of hydrogen-bond donors (Lipinski definition) is 1. The van der Waals surface area contributed by atoms with E-state index in [0.717, 1.165) is 48.6 Å². The third-order valence-electron chi connectivity index (χ3n) is 6.37. The number of nitrogens with one attached hydrogen (secondary N) is 1. The number of carbonyl (C=O) groups is 2. The number of benzene rings is 2. The molecule has 0 bridgehead atoms. The molecule has 0 aromatic heterocycles. The Morgan fingerprint density at radius 3 is 2.29 bits per heavy atom. The van der Waals surface area contributed by atoms with Gasteiger partial charge < -0.3 is 15.1 Å². The quantitative estimate of drug-likeness (QED) is 0.334. The van der Waals surface area contributed by atoms with E-state index in [0.29, 0.717) is 24.6 Å². The Hall–Kier alpha value is -2.08. The topological polar surface area (TPSA) is 52.7 Å². The van der Waals surface area contributed by atoms with Gasteiger partial charge in [-0.3, -0.25) is 9.59 Å². The van der Waals surface area contributed by atoms with Crippen LogP contribution in [-0.4, -0.2) is 61.1 Å².